The maximum Gasteiger partial charge on any atom is 0.343 e. The lowest BCUT2D eigenvalue weighted by Gasteiger charge is -2.46. The quantitative estimate of drug-likeness (QED) is 0.154. The Kier molecular flexibility index (Phi) is 11.8. The highest BCUT2D eigenvalue weighted by molar-refractivity contribution is 7.32. The van der Waals surface area contributed by atoms with Gasteiger partial charge in [-0.3, -0.25) is 0 Å². The van der Waals surface area contributed by atoms with Gasteiger partial charge in [-0.05, 0) is 167 Å². The second-order valence-electron chi connectivity index (χ2n) is 27.5. The normalized spacial score (nSPS) is 14.4. The highest BCUT2D eigenvalue weighted by Gasteiger charge is 2.51. The molecule has 5 heteroatoms. The van der Waals surface area contributed by atoms with E-state index < -0.39 is 0 Å². The summed E-state index contributed by atoms with van der Waals surface area (Å²) in [6.45, 7) is 32.5. The van der Waals surface area contributed by atoms with Gasteiger partial charge in [-0.15, -0.1) is 11.3 Å². The predicted molar refractivity (Wildman–Crippen MR) is 348 cm³/mol. The third kappa shape index (κ3) is 8.36. The highest BCUT2D eigenvalue weighted by Crippen LogP contribution is 2.59. The van der Waals surface area contributed by atoms with E-state index in [4.69, 9.17) is 0 Å². The van der Waals surface area contributed by atoms with Gasteiger partial charge in [0, 0.05) is 65.7 Å². The van der Waals surface area contributed by atoms with Crippen molar-refractivity contribution in [3.8, 4) is 33.4 Å². The molecule has 3 aliphatic rings. The molecule has 0 unspecified atom stereocenters. The summed E-state index contributed by atoms with van der Waals surface area (Å²) < 4.78 is 2.63. The Labute approximate surface area is 480 Å². The number of rotatable bonds is 6. The lowest BCUT2D eigenvalue weighted by molar-refractivity contribution is 0.590. The Bertz CT molecular complexity index is 3990. The zero-order valence-corrected chi connectivity index (χ0v) is 50.1. The molecule has 0 radical (unpaired) electrons. The van der Waals surface area contributed by atoms with Crippen molar-refractivity contribution < 1.29 is 0 Å². The van der Waals surface area contributed by atoms with Crippen LogP contribution < -0.4 is 24.9 Å². The third-order valence-corrected chi connectivity index (χ3v) is 18.9. The van der Waals surface area contributed by atoms with E-state index in [1.165, 1.54) is 116 Å². The monoisotopic (exact) mass is 1060 g/mol. The summed E-state index contributed by atoms with van der Waals surface area (Å²) in [7, 11) is 0. The summed E-state index contributed by atoms with van der Waals surface area (Å²) in [5.74, 6) is 0. The van der Waals surface area contributed by atoms with Crippen LogP contribution in [0.2, 0.25) is 0 Å². The molecular weight excluding hydrogens is 986 g/mol. The molecule has 3 heterocycles. The smallest absolute Gasteiger partial charge is 0.343 e. The first-order chi connectivity index (χ1) is 38.0. The molecule has 0 N–H and O–H groups in total. The highest BCUT2D eigenvalue weighted by atomic mass is 32.1. The van der Waals surface area contributed by atoms with Crippen LogP contribution in [0.25, 0.3) is 43.5 Å². The van der Waals surface area contributed by atoms with Gasteiger partial charge in [0.15, 0.2) is 0 Å². The summed E-state index contributed by atoms with van der Waals surface area (Å²) in [4.78, 5) is 7.87. The molecule has 2 aliphatic heterocycles. The fraction of sp³-hybridized carbons (Fsp3) is 0.253. The van der Waals surface area contributed by atoms with E-state index in [1.54, 1.807) is 0 Å². The molecule has 0 fully saturated rings. The van der Waals surface area contributed by atoms with Crippen molar-refractivity contribution in [3.05, 3.63) is 228 Å². The summed E-state index contributed by atoms with van der Waals surface area (Å²) in [6, 6.07) is 74.9. The molecule has 0 spiro atoms. The van der Waals surface area contributed by atoms with Crippen molar-refractivity contribution >= 4 is 84.0 Å². The van der Waals surface area contributed by atoms with Gasteiger partial charge < -0.3 is 14.6 Å². The van der Waals surface area contributed by atoms with Crippen LogP contribution in [0.1, 0.15) is 130 Å². The van der Waals surface area contributed by atoms with Gasteiger partial charge in [-0.1, -0.05) is 212 Å². The lowest BCUT2D eigenvalue weighted by atomic mass is 9.45. The van der Waals surface area contributed by atoms with Crippen LogP contribution in [0.3, 0.4) is 0 Å². The van der Waals surface area contributed by atoms with Crippen LogP contribution in [0.5, 0.6) is 0 Å². The number of hydrogen-bond donors (Lipinski definition) is 0. The largest absolute Gasteiger partial charge is 0.376 e. The number of benzene rings is 9. The van der Waals surface area contributed by atoms with E-state index in [-0.39, 0.29) is 33.9 Å². The van der Waals surface area contributed by atoms with E-state index in [0.717, 1.165) is 17.1 Å². The molecule has 10 aromatic rings. The fourth-order valence-electron chi connectivity index (χ4n) is 13.2. The minimum Gasteiger partial charge on any atom is -0.376 e. The Morgan fingerprint density at radius 1 is 0.438 bits per heavy atom. The van der Waals surface area contributed by atoms with Crippen molar-refractivity contribution in [1.82, 2.24) is 0 Å². The zero-order chi connectivity index (χ0) is 56.0. The molecular formula is C75H74BN3S. The molecule has 9 aromatic carbocycles. The van der Waals surface area contributed by atoms with Crippen LogP contribution in [0.15, 0.2) is 194 Å². The van der Waals surface area contributed by atoms with Crippen LogP contribution in [0, 0.1) is 0 Å². The van der Waals surface area contributed by atoms with Gasteiger partial charge in [0.05, 0.1) is 5.69 Å². The molecule has 0 saturated heterocycles. The summed E-state index contributed by atoms with van der Waals surface area (Å²) in [5, 5.41) is 1.27. The Balaban J connectivity index is 1.15. The molecule has 398 valence electrons. The Hall–Kier alpha value is -7.60. The van der Waals surface area contributed by atoms with Gasteiger partial charge in [-0.25, -0.2) is 0 Å². The molecule has 0 saturated carbocycles. The number of thiophene rings is 1. The average molecular weight is 1060 g/mol. The van der Waals surface area contributed by atoms with Crippen LogP contribution in [0.4, 0.5) is 45.5 Å². The van der Waals surface area contributed by atoms with E-state index in [1.807, 2.05) is 11.3 Å². The first kappa shape index (κ1) is 51.8. The van der Waals surface area contributed by atoms with Gasteiger partial charge >= 0.3 is 6.85 Å². The molecule has 0 bridgehead atoms. The Morgan fingerprint density at radius 2 is 0.950 bits per heavy atom. The minimum absolute atomic E-state index is 0.00527. The second-order valence-corrected chi connectivity index (χ2v) is 28.6. The predicted octanol–water partition coefficient (Wildman–Crippen LogP) is 20.2. The SMILES string of the molecule is CC(C)(C)c1ccc(N2B3c4sc5ccc(-c6ccccc6)cc5c4N(c4ccc(C(C)(C)C)cc4)c4cc5c(c(c43)-c3ccc(N(c4ccc(C(C)(C)C)cc4)c4ccc(C(C)(C)C)cc4)cc32)C(C)(C)c2ccccc2-5)cc1. The van der Waals surface area contributed by atoms with Crippen molar-refractivity contribution in [1.29, 1.82) is 0 Å². The first-order valence-electron chi connectivity index (χ1n) is 28.9. The van der Waals surface area contributed by atoms with Gasteiger partial charge in [0.2, 0.25) is 0 Å². The number of anilines is 8. The second kappa shape index (κ2) is 18.2. The van der Waals surface area contributed by atoms with E-state index in [0.29, 0.717) is 0 Å². The maximum absolute atomic E-state index is 2.73. The average Bonchev–Trinajstić information content (AvgIpc) is 4.13. The Morgan fingerprint density at radius 3 is 1.51 bits per heavy atom. The number of nitrogens with zero attached hydrogens (tertiary/aromatic N) is 3. The van der Waals surface area contributed by atoms with E-state index in [2.05, 4.69) is 306 Å². The summed E-state index contributed by atoms with van der Waals surface area (Å²) >= 11 is 1.97. The van der Waals surface area contributed by atoms with E-state index >= 15 is 0 Å². The van der Waals surface area contributed by atoms with E-state index in [9.17, 15) is 0 Å². The van der Waals surface area contributed by atoms with Gasteiger partial charge in [0.25, 0.3) is 0 Å². The summed E-state index contributed by atoms with van der Waals surface area (Å²) in [5.41, 5.74) is 26.3. The van der Waals surface area contributed by atoms with Crippen molar-refractivity contribution in [3.63, 3.8) is 0 Å². The molecule has 0 amide bonds. The molecule has 80 heavy (non-hydrogen) atoms. The lowest BCUT2D eigenvalue weighted by Crippen LogP contribution is -2.61. The minimum atomic E-state index is -0.285. The molecule has 13 rings (SSSR count). The maximum atomic E-state index is 2.73. The van der Waals surface area contributed by atoms with Crippen molar-refractivity contribution in [2.45, 2.75) is 124 Å². The first-order valence-corrected chi connectivity index (χ1v) is 29.7. The van der Waals surface area contributed by atoms with Crippen LogP contribution >= 0.6 is 11.3 Å². The van der Waals surface area contributed by atoms with Gasteiger partial charge in [0.1, 0.15) is 0 Å². The summed E-state index contributed by atoms with van der Waals surface area (Å²) in [6.07, 6.45) is 0. The molecule has 1 aliphatic carbocycles. The zero-order valence-electron chi connectivity index (χ0n) is 49.3. The number of hydrogen-bond acceptors (Lipinski definition) is 4. The standard InChI is InChI=1S/C75H74BN3S/c1-71(2,3)49-25-33-53(34-26-49)77(54-35-27-50(28-36-54)72(4,5)6)57-41-42-59-63(45-57)79(56-39-31-52(32-40-56)74(10,11)12)76-68-64(46-60-58-22-18-19-23-62(58)75(13,14)67(60)66(59)68)78(55-37-29-51(30-38-55)73(7,8)9)69-61-44-48(47-20-16-15-17-21-47)24-43-65(61)80-70(69)76/h15-46H,1-14H3. The van der Waals surface area contributed by atoms with Crippen LogP contribution in [-0.4, -0.2) is 6.85 Å². The molecule has 1 aromatic heterocycles. The van der Waals surface area contributed by atoms with Crippen molar-refractivity contribution in [2.75, 3.05) is 14.6 Å². The molecule has 0 atom stereocenters. The molecule has 3 nitrogen and oxygen atoms in total. The van der Waals surface area contributed by atoms with Crippen molar-refractivity contribution in [2.24, 2.45) is 0 Å². The topological polar surface area (TPSA) is 9.72 Å². The van der Waals surface area contributed by atoms with Gasteiger partial charge in [-0.2, -0.15) is 0 Å². The number of fused-ring (bicyclic) bond motifs is 10. The fourth-order valence-corrected chi connectivity index (χ4v) is 14.4. The van der Waals surface area contributed by atoms with Crippen LogP contribution in [-0.2, 0) is 27.1 Å². The third-order valence-electron chi connectivity index (χ3n) is 17.7.